The number of benzene rings is 2. The van der Waals surface area contributed by atoms with Crippen LogP contribution < -0.4 is 10.4 Å². The fourth-order valence-corrected chi connectivity index (χ4v) is 4.12. The number of hydrogen-bond donors (Lipinski definition) is 0. The second-order valence-electron chi connectivity index (χ2n) is 5.37. The molecule has 0 fully saturated rings. The first-order valence-electron chi connectivity index (χ1n) is 6.94. The quantitative estimate of drug-likeness (QED) is 0.635. The van der Waals surface area contributed by atoms with E-state index in [-0.39, 0.29) is 0 Å². The van der Waals surface area contributed by atoms with Crippen molar-refractivity contribution in [2.24, 2.45) is 0 Å². The molecule has 0 aromatic heterocycles. The van der Waals surface area contributed by atoms with E-state index in [0.29, 0.717) is 0 Å². The van der Waals surface area contributed by atoms with Gasteiger partial charge in [-0.3, -0.25) is 0 Å². The summed E-state index contributed by atoms with van der Waals surface area (Å²) in [6.45, 7) is 0. The van der Waals surface area contributed by atoms with Gasteiger partial charge < -0.3 is 0 Å². The molecule has 0 aliphatic heterocycles. The minimum Gasteiger partial charge on any atom is -0.0770 e. The predicted octanol–water partition coefficient (Wildman–Crippen LogP) is 3.03. The maximum atomic E-state index is 2.45. The Labute approximate surface area is 126 Å². The molecule has 2 aliphatic rings. The van der Waals surface area contributed by atoms with E-state index in [1.807, 2.05) is 0 Å². The number of halogens is 1. The Morgan fingerprint density at radius 3 is 2.79 bits per heavy atom. The molecule has 94 valence electrons. The lowest BCUT2D eigenvalue weighted by Gasteiger charge is -2.16. The van der Waals surface area contributed by atoms with Crippen LogP contribution in [0.1, 0.15) is 24.0 Å². The molecule has 0 amide bonds. The molecule has 0 saturated carbocycles. The van der Waals surface area contributed by atoms with Gasteiger partial charge in [0.25, 0.3) is 0 Å². The van der Waals surface area contributed by atoms with Gasteiger partial charge in [-0.2, -0.15) is 0 Å². The monoisotopic (exact) mass is 358 g/mol. The molecule has 0 spiro atoms. The highest BCUT2D eigenvalue weighted by molar-refractivity contribution is 14.1. The summed E-state index contributed by atoms with van der Waals surface area (Å²) in [7, 11) is 0. The van der Waals surface area contributed by atoms with Gasteiger partial charge in [-0.1, -0.05) is 36.4 Å². The summed E-state index contributed by atoms with van der Waals surface area (Å²) in [5.41, 5.74) is 3.17. The lowest BCUT2D eigenvalue weighted by atomic mass is 9.89. The molecule has 0 N–H and O–H groups in total. The van der Waals surface area contributed by atoms with E-state index < -0.39 is 0 Å². The largest absolute Gasteiger partial charge is 0.0770 e. The van der Waals surface area contributed by atoms with Gasteiger partial charge in [-0.05, 0) is 86.3 Å². The standard InChI is InChI=1S/C18H15I/c19-18-7-3-6-14-16-9-8-12-4-1-2-5-13(12)15(16)10-11-17(14)18/h3-4,6-9,11H,1-2,5,10H2. The van der Waals surface area contributed by atoms with Crippen LogP contribution >= 0.6 is 22.6 Å². The van der Waals surface area contributed by atoms with E-state index >= 15 is 0 Å². The Balaban J connectivity index is 2.25. The molecule has 0 unspecified atom stereocenters. The summed E-state index contributed by atoms with van der Waals surface area (Å²) in [5.74, 6) is 0. The Morgan fingerprint density at radius 2 is 1.84 bits per heavy atom. The molecule has 2 aromatic carbocycles. The molecule has 1 heteroatoms. The van der Waals surface area contributed by atoms with Crippen molar-refractivity contribution in [3.63, 3.8) is 0 Å². The van der Waals surface area contributed by atoms with Crippen molar-refractivity contribution in [2.45, 2.75) is 25.7 Å². The van der Waals surface area contributed by atoms with Gasteiger partial charge in [0, 0.05) is 3.57 Å². The molecular formula is C18H15I. The minimum absolute atomic E-state index is 1.10. The normalized spacial score (nSPS) is 15.6. The fourth-order valence-electron chi connectivity index (χ4n) is 3.40. The molecule has 19 heavy (non-hydrogen) atoms. The van der Waals surface area contributed by atoms with Crippen LogP contribution in [0, 0.1) is 14.0 Å². The predicted molar refractivity (Wildman–Crippen MR) is 88.1 cm³/mol. The number of hydrogen-bond acceptors (Lipinski definition) is 0. The van der Waals surface area contributed by atoms with Crippen LogP contribution in [-0.4, -0.2) is 0 Å². The van der Waals surface area contributed by atoms with Gasteiger partial charge in [-0.15, -0.1) is 0 Å². The third kappa shape index (κ3) is 1.78. The molecule has 0 bridgehead atoms. The lowest BCUT2D eigenvalue weighted by Crippen LogP contribution is -2.20. The van der Waals surface area contributed by atoms with Crippen molar-refractivity contribution in [1.29, 1.82) is 0 Å². The van der Waals surface area contributed by atoms with Crippen LogP contribution in [0.15, 0.2) is 30.3 Å². The highest BCUT2D eigenvalue weighted by Crippen LogP contribution is 2.18. The zero-order valence-corrected chi connectivity index (χ0v) is 12.9. The molecule has 0 atom stereocenters. The third-order valence-electron chi connectivity index (χ3n) is 4.32. The van der Waals surface area contributed by atoms with Crippen molar-refractivity contribution in [1.82, 2.24) is 0 Å². The maximum Gasteiger partial charge on any atom is 0.0205 e. The molecule has 0 saturated heterocycles. The van der Waals surface area contributed by atoms with Crippen molar-refractivity contribution in [2.75, 3.05) is 0 Å². The first-order valence-corrected chi connectivity index (χ1v) is 8.02. The van der Waals surface area contributed by atoms with E-state index in [0.717, 1.165) is 6.42 Å². The van der Waals surface area contributed by atoms with Gasteiger partial charge in [0.05, 0.1) is 0 Å². The second kappa shape index (κ2) is 4.48. The Kier molecular flexibility index (Phi) is 2.76. The van der Waals surface area contributed by atoms with Gasteiger partial charge in [0.2, 0.25) is 0 Å². The molecule has 2 aromatic rings. The van der Waals surface area contributed by atoms with E-state index in [2.05, 4.69) is 65.1 Å². The average molecular weight is 358 g/mol. The van der Waals surface area contributed by atoms with Crippen LogP contribution in [0.2, 0.25) is 0 Å². The van der Waals surface area contributed by atoms with Gasteiger partial charge in [-0.25, -0.2) is 0 Å². The molecule has 0 nitrogen and oxygen atoms in total. The Morgan fingerprint density at radius 1 is 0.895 bits per heavy atom. The van der Waals surface area contributed by atoms with Crippen molar-refractivity contribution in [3.8, 4) is 0 Å². The highest BCUT2D eigenvalue weighted by atomic mass is 127. The van der Waals surface area contributed by atoms with E-state index in [1.165, 1.54) is 43.7 Å². The Bertz CT molecular complexity index is 875. The first-order chi connectivity index (χ1) is 9.34. The zero-order valence-electron chi connectivity index (χ0n) is 10.7. The fraction of sp³-hybridized carbons (Fsp3) is 0.222. The van der Waals surface area contributed by atoms with Crippen LogP contribution in [0.4, 0.5) is 0 Å². The van der Waals surface area contributed by atoms with Gasteiger partial charge >= 0.3 is 0 Å². The molecule has 2 aliphatic carbocycles. The number of fused-ring (bicyclic) bond motifs is 4. The summed E-state index contributed by atoms with van der Waals surface area (Å²) in [4.78, 5) is 0. The summed E-state index contributed by atoms with van der Waals surface area (Å²) in [5, 5.41) is 5.79. The number of rotatable bonds is 0. The van der Waals surface area contributed by atoms with E-state index in [4.69, 9.17) is 0 Å². The highest BCUT2D eigenvalue weighted by Gasteiger charge is 2.11. The smallest absolute Gasteiger partial charge is 0.0205 e. The summed E-state index contributed by atoms with van der Waals surface area (Å²) >= 11 is 2.45. The molecule has 0 heterocycles. The SMILES string of the molecule is Ic1cccc2c1=CCc1c3c(ccc1=2)=CCCC3. The van der Waals surface area contributed by atoms with Crippen LogP contribution in [0.5, 0.6) is 0 Å². The Hall–Kier alpha value is -1.09. The topological polar surface area (TPSA) is 0 Å². The van der Waals surface area contributed by atoms with Crippen LogP contribution in [0.25, 0.3) is 12.2 Å². The minimum atomic E-state index is 1.10. The van der Waals surface area contributed by atoms with Gasteiger partial charge in [0.1, 0.15) is 0 Å². The van der Waals surface area contributed by atoms with Crippen molar-refractivity contribution < 1.29 is 0 Å². The zero-order chi connectivity index (χ0) is 12.8. The van der Waals surface area contributed by atoms with Crippen molar-refractivity contribution >= 4 is 34.7 Å². The lowest BCUT2D eigenvalue weighted by molar-refractivity contribution is 0.824. The molecule has 4 rings (SSSR count). The third-order valence-corrected chi connectivity index (χ3v) is 5.26. The summed E-state index contributed by atoms with van der Waals surface area (Å²) in [6, 6.07) is 11.3. The molecule has 0 radical (unpaired) electrons. The first kappa shape index (κ1) is 11.7. The maximum absolute atomic E-state index is 2.45. The van der Waals surface area contributed by atoms with E-state index in [1.54, 1.807) is 11.1 Å². The summed E-state index contributed by atoms with van der Waals surface area (Å²) < 4.78 is 1.37. The van der Waals surface area contributed by atoms with Crippen LogP contribution in [-0.2, 0) is 12.8 Å². The van der Waals surface area contributed by atoms with E-state index in [9.17, 15) is 0 Å². The average Bonchev–Trinajstić information content (AvgIpc) is 2.47. The summed E-state index contributed by atoms with van der Waals surface area (Å²) in [6.07, 6.45) is 9.71. The van der Waals surface area contributed by atoms with Crippen molar-refractivity contribution in [3.05, 3.63) is 65.9 Å². The molecular weight excluding hydrogens is 343 g/mol. The van der Waals surface area contributed by atoms with Gasteiger partial charge in [0.15, 0.2) is 0 Å². The second-order valence-corrected chi connectivity index (χ2v) is 6.53. The van der Waals surface area contributed by atoms with Crippen LogP contribution in [0.3, 0.4) is 0 Å².